The van der Waals surface area contributed by atoms with Crippen molar-refractivity contribution in [3.05, 3.63) is 29.8 Å². The average molecular weight is 305 g/mol. The molecule has 1 amide bonds. The van der Waals surface area contributed by atoms with E-state index in [0.29, 0.717) is 13.0 Å². The summed E-state index contributed by atoms with van der Waals surface area (Å²) < 4.78 is 44.7. The van der Waals surface area contributed by atoms with Crippen LogP contribution in [0.5, 0.6) is 5.75 Å². The fourth-order valence-corrected chi connectivity index (χ4v) is 1.89. The van der Waals surface area contributed by atoms with E-state index in [2.05, 4.69) is 10.1 Å². The first-order valence-electron chi connectivity index (χ1n) is 6.22. The zero-order valence-corrected chi connectivity index (χ0v) is 10.9. The minimum atomic E-state index is -4.77. The van der Waals surface area contributed by atoms with Gasteiger partial charge in [-0.1, -0.05) is 0 Å². The third-order valence-corrected chi connectivity index (χ3v) is 3.01. The molecule has 1 aromatic carbocycles. The van der Waals surface area contributed by atoms with Crippen LogP contribution in [0.3, 0.4) is 0 Å². The summed E-state index contributed by atoms with van der Waals surface area (Å²) in [7, 11) is 0. The minimum Gasteiger partial charge on any atom is -0.406 e. The zero-order chi connectivity index (χ0) is 15.5. The fourth-order valence-electron chi connectivity index (χ4n) is 1.89. The summed E-state index contributed by atoms with van der Waals surface area (Å²) in [5.74, 6) is -0.893. The number of halogens is 3. The lowest BCUT2D eigenvalue weighted by Crippen LogP contribution is -2.43. The Balaban J connectivity index is 1.90. The molecule has 0 saturated carbocycles. The third kappa shape index (κ3) is 4.61. The van der Waals surface area contributed by atoms with Crippen LogP contribution >= 0.6 is 0 Å². The summed E-state index contributed by atoms with van der Waals surface area (Å²) in [6.07, 6.45) is -4.35. The molecule has 1 aromatic rings. The summed E-state index contributed by atoms with van der Waals surface area (Å²) in [5, 5.41) is 12.5. The number of carbonyl (C=O) groups excluding carboxylic acids is 1. The first-order valence-corrected chi connectivity index (χ1v) is 6.22. The predicted octanol–water partition coefficient (Wildman–Crippen LogP) is 1.47. The van der Waals surface area contributed by atoms with Gasteiger partial charge in [0.15, 0.2) is 0 Å². The molecule has 1 atom stereocenters. The van der Waals surface area contributed by atoms with Crippen LogP contribution in [0, 0.1) is 0 Å². The number of ether oxygens (including phenoxy) is 2. The molecule has 0 aliphatic carbocycles. The van der Waals surface area contributed by atoms with Crippen LogP contribution in [-0.4, -0.2) is 42.7 Å². The van der Waals surface area contributed by atoms with Gasteiger partial charge >= 0.3 is 6.36 Å². The highest BCUT2D eigenvalue weighted by atomic mass is 19.4. The Bertz CT molecular complexity index is 495. The van der Waals surface area contributed by atoms with E-state index < -0.39 is 23.6 Å². The highest BCUT2D eigenvalue weighted by Crippen LogP contribution is 2.23. The lowest BCUT2D eigenvalue weighted by Gasteiger charge is -2.20. The molecule has 0 aromatic heterocycles. The molecule has 1 aliphatic heterocycles. The lowest BCUT2D eigenvalue weighted by molar-refractivity contribution is -0.274. The Labute approximate surface area is 118 Å². The smallest absolute Gasteiger partial charge is 0.406 e. The molecule has 5 nitrogen and oxygen atoms in total. The largest absolute Gasteiger partial charge is 0.573 e. The second-order valence-electron chi connectivity index (χ2n) is 4.78. The molecule has 1 fully saturated rings. The fraction of sp³-hybridized carbons (Fsp3) is 0.462. The van der Waals surface area contributed by atoms with Gasteiger partial charge in [-0.25, -0.2) is 0 Å². The number of hydrogen-bond donors (Lipinski definition) is 2. The topological polar surface area (TPSA) is 67.8 Å². The van der Waals surface area contributed by atoms with Gasteiger partial charge in [0, 0.05) is 25.1 Å². The van der Waals surface area contributed by atoms with E-state index in [4.69, 9.17) is 4.74 Å². The molecule has 2 rings (SSSR count). The number of hydrogen-bond acceptors (Lipinski definition) is 4. The highest BCUT2D eigenvalue weighted by Gasteiger charge is 2.33. The summed E-state index contributed by atoms with van der Waals surface area (Å²) >= 11 is 0. The van der Waals surface area contributed by atoms with E-state index in [-0.39, 0.29) is 18.7 Å². The van der Waals surface area contributed by atoms with Crippen molar-refractivity contribution < 1.29 is 32.5 Å². The van der Waals surface area contributed by atoms with Crippen molar-refractivity contribution in [2.24, 2.45) is 0 Å². The van der Waals surface area contributed by atoms with Crippen molar-refractivity contribution in [1.82, 2.24) is 5.32 Å². The zero-order valence-electron chi connectivity index (χ0n) is 10.9. The lowest BCUT2D eigenvalue weighted by atomic mass is 10.0. The third-order valence-electron chi connectivity index (χ3n) is 3.01. The van der Waals surface area contributed by atoms with Gasteiger partial charge in [0.1, 0.15) is 11.4 Å². The number of carbonyl (C=O) groups is 1. The van der Waals surface area contributed by atoms with Crippen LogP contribution in [0.25, 0.3) is 0 Å². The molecule has 1 saturated heterocycles. The molecule has 0 bridgehead atoms. The van der Waals surface area contributed by atoms with E-state index in [1.54, 1.807) is 0 Å². The summed E-state index contributed by atoms with van der Waals surface area (Å²) in [6, 6.07) is 4.53. The van der Waals surface area contributed by atoms with E-state index in [0.717, 1.165) is 12.1 Å². The molecule has 8 heteroatoms. The Morgan fingerprint density at radius 2 is 2.05 bits per heavy atom. The normalized spacial score (nSPS) is 22.1. The number of rotatable bonds is 4. The number of aliphatic hydroxyl groups is 1. The maximum absolute atomic E-state index is 12.0. The quantitative estimate of drug-likeness (QED) is 0.884. The summed E-state index contributed by atoms with van der Waals surface area (Å²) in [6.45, 7) is 0.591. The van der Waals surface area contributed by atoms with Gasteiger partial charge in [-0.15, -0.1) is 13.2 Å². The molecular weight excluding hydrogens is 291 g/mol. The average Bonchev–Trinajstić information content (AvgIpc) is 2.82. The molecule has 21 heavy (non-hydrogen) atoms. The van der Waals surface area contributed by atoms with Crippen LogP contribution in [0.2, 0.25) is 0 Å². The molecule has 1 unspecified atom stereocenters. The Morgan fingerprint density at radius 3 is 2.57 bits per heavy atom. The van der Waals surface area contributed by atoms with Crippen LogP contribution in [0.4, 0.5) is 13.2 Å². The summed E-state index contributed by atoms with van der Waals surface area (Å²) in [5.41, 5.74) is -0.915. The second-order valence-corrected chi connectivity index (χ2v) is 4.78. The van der Waals surface area contributed by atoms with Crippen molar-refractivity contribution in [2.45, 2.75) is 18.4 Å². The second kappa shape index (κ2) is 5.90. The van der Waals surface area contributed by atoms with Crippen LogP contribution in [-0.2, 0) is 4.74 Å². The van der Waals surface area contributed by atoms with Crippen molar-refractivity contribution in [3.8, 4) is 5.75 Å². The maximum Gasteiger partial charge on any atom is 0.573 e. The standard InChI is InChI=1S/C13H14F3NO4/c14-13(15,16)21-10-3-1-9(2-4-10)11(18)17-7-12(19)5-6-20-8-12/h1-4,19H,5-8H2,(H,17,18). The van der Waals surface area contributed by atoms with E-state index >= 15 is 0 Å². The maximum atomic E-state index is 12.0. The van der Waals surface area contributed by atoms with Crippen LogP contribution < -0.4 is 10.1 Å². The van der Waals surface area contributed by atoms with Crippen molar-refractivity contribution in [2.75, 3.05) is 19.8 Å². The highest BCUT2D eigenvalue weighted by molar-refractivity contribution is 5.94. The number of benzene rings is 1. The van der Waals surface area contributed by atoms with Crippen molar-refractivity contribution in [3.63, 3.8) is 0 Å². The van der Waals surface area contributed by atoms with Crippen LogP contribution in [0.1, 0.15) is 16.8 Å². The van der Waals surface area contributed by atoms with Gasteiger partial charge < -0.3 is 19.9 Å². The van der Waals surface area contributed by atoms with Gasteiger partial charge in [0.05, 0.1) is 6.61 Å². The van der Waals surface area contributed by atoms with E-state index in [1.165, 1.54) is 12.1 Å². The molecule has 0 radical (unpaired) electrons. The predicted molar refractivity (Wildman–Crippen MR) is 65.8 cm³/mol. The minimum absolute atomic E-state index is 0.0205. The van der Waals surface area contributed by atoms with E-state index in [1.807, 2.05) is 0 Å². The molecule has 2 N–H and O–H groups in total. The Hall–Kier alpha value is -1.80. The monoisotopic (exact) mass is 305 g/mol. The molecule has 1 heterocycles. The Kier molecular flexibility index (Phi) is 4.38. The first-order chi connectivity index (χ1) is 9.77. The van der Waals surface area contributed by atoms with Gasteiger partial charge in [0.25, 0.3) is 5.91 Å². The number of amides is 1. The van der Waals surface area contributed by atoms with Gasteiger partial charge in [-0.3, -0.25) is 4.79 Å². The number of nitrogens with one attached hydrogen (secondary N) is 1. The molecule has 1 aliphatic rings. The SMILES string of the molecule is O=C(NCC1(O)CCOC1)c1ccc(OC(F)(F)F)cc1. The van der Waals surface area contributed by atoms with Gasteiger partial charge in [-0.2, -0.15) is 0 Å². The van der Waals surface area contributed by atoms with Gasteiger partial charge in [0.2, 0.25) is 0 Å². The van der Waals surface area contributed by atoms with Crippen molar-refractivity contribution >= 4 is 5.91 Å². The van der Waals surface area contributed by atoms with E-state index in [9.17, 15) is 23.1 Å². The number of alkyl halides is 3. The van der Waals surface area contributed by atoms with Crippen molar-refractivity contribution in [1.29, 1.82) is 0 Å². The summed E-state index contributed by atoms with van der Waals surface area (Å²) in [4.78, 5) is 11.8. The van der Waals surface area contributed by atoms with Gasteiger partial charge in [-0.05, 0) is 24.3 Å². The first kappa shape index (κ1) is 15.6. The molecule has 116 valence electrons. The molecular formula is C13H14F3NO4. The molecule has 0 spiro atoms. The van der Waals surface area contributed by atoms with Crippen LogP contribution in [0.15, 0.2) is 24.3 Å². The Morgan fingerprint density at radius 1 is 1.38 bits per heavy atom.